The first-order valence-corrected chi connectivity index (χ1v) is 7.94. The maximum Gasteiger partial charge on any atom is 0.175 e. The first-order chi connectivity index (χ1) is 10.3. The van der Waals surface area contributed by atoms with E-state index in [4.69, 9.17) is 0 Å². The monoisotopic (exact) mass is 283 g/mol. The van der Waals surface area contributed by atoms with Crippen molar-refractivity contribution in [1.82, 2.24) is 20.0 Å². The largest absolute Gasteiger partial charge is 0.352 e. The lowest BCUT2D eigenvalue weighted by Crippen LogP contribution is -2.35. The zero-order chi connectivity index (χ0) is 14.2. The van der Waals surface area contributed by atoms with E-state index in [0.29, 0.717) is 6.04 Å². The second-order valence-corrected chi connectivity index (χ2v) is 6.25. The van der Waals surface area contributed by atoms with Gasteiger partial charge in [0.1, 0.15) is 0 Å². The molecule has 0 radical (unpaired) electrons. The van der Waals surface area contributed by atoms with Crippen LogP contribution in [0.4, 0.5) is 5.82 Å². The van der Waals surface area contributed by atoms with Crippen LogP contribution in [0.3, 0.4) is 0 Å². The minimum atomic E-state index is 0.686. The molecule has 5 nitrogen and oxygen atoms in total. The maximum atomic E-state index is 4.45. The fourth-order valence-corrected chi connectivity index (χ4v) is 3.83. The minimum Gasteiger partial charge on any atom is -0.352 e. The summed E-state index contributed by atoms with van der Waals surface area (Å²) in [7, 11) is 0. The molecule has 2 fully saturated rings. The lowest BCUT2D eigenvalue weighted by Gasteiger charge is -2.32. The maximum absolute atomic E-state index is 4.45. The van der Waals surface area contributed by atoms with Gasteiger partial charge in [0.25, 0.3) is 0 Å². The molecule has 2 aromatic rings. The number of hydrogen-bond acceptors (Lipinski definition) is 4. The van der Waals surface area contributed by atoms with Crippen molar-refractivity contribution in [1.29, 1.82) is 0 Å². The van der Waals surface area contributed by atoms with Crippen LogP contribution < -0.4 is 4.90 Å². The third-order valence-electron chi connectivity index (χ3n) is 4.90. The highest BCUT2D eigenvalue weighted by Gasteiger charge is 2.36. The molecule has 0 bridgehead atoms. The summed E-state index contributed by atoms with van der Waals surface area (Å²) in [6.07, 6.45) is 8.69. The van der Waals surface area contributed by atoms with E-state index < -0.39 is 0 Å². The minimum absolute atomic E-state index is 0.686. The molecule has 0 amide bonds. The molecule has 0 N–H and O–H groups in total. The fourth-order valence-electron chi connectivity index (χ4n) is 3.83. The Balaban J connectivity index is 1.56. The van der Waals surface area contributed by atoms with Crippen molar-refractivity contribution in [3.05, 3.63) is 30.1 Å². The van der Waals surface area contributed by atoms with Gasteiger partial charge in [0.15, 0.2) is 11.6 Å². The topological polar surface area (TPSA) is 46.8 Å². The lowest BCUT2D eigenvalue weighted by atomic mass is 9.85. The molecule has 0 aromatic carbocycles. The number of aryl methyl sites for hydroxylation is 1. The van der Waals surface area contributed by atoms with Crippen molar-refractivity contribution >= 4 is 5.82 Å². The number of rotatable bonds is 2. The van der Waals surface area contributed by atoms with Crippen molar-refractivity contribution in [2.75, 3.05) is 11.4 Å². The van der Waals surface area contributed by atoms with E-state index in [1.807, 2.05) is 25.3 Å². The Labute approximate surface area is 125 Å². The third-order valence-corrected chi connectivity index (χ3v) is 4.90. The molecule has 1 aliphatic heterocycles. The second kappa shape index (κ2) is 5.13. The Kier molecular flexibility index (Phi) is 3.13. The van der Waals surface area contributed by atoms with Crippen LogP contribution in [0.1, 0.15) is 37.8 Å². The zero-order valence-corrected chi connectivity index (χ0v) is 12.4. The van der Waals surface area contributed by atoms with E-state index in [1.165, 1.54) is 32.1 Å². The van der Waals surface area contributed by atoms with Gasteiger partial charge in [0.05, 0.1) is 5.69 Å². The molecule has 110 valence electrons. The predicted octanol–water partition coefficient (Wildman–Crippen LogP) is 2.74. The average Bonchev–Trinajstić information content (AvgIpc) is 3.14. The van der Waals surface area contributed by atoms with Crippen molar-refractivity contribution in [3.63, 3.8) is 0 Å². The Morgan fingerprint density at radius 2 is 1.81 bits per heavy atom. The number of hydrogen-bond donors (Lipinski definition) is 0. The van der Waals surface area contributed by atoms with Crippen molar-refractivity contribution in [3.8, 4) is 5.82 Å². The van der Waals surface area contributed by atoms with Crippen LogP contribution >= 0.6 is 0 Å². The molecule has 5 heteroatoms. The molecule has 3 heterocycles. The van der Waals surface area contributed by atoms with Gasteiger partial charge in [0.2, 0.25) is 0 Å². The molecular weight excluding hydrogens is 262 g/mol. The van der Waals surface area contributed by atoms with E-state index in [9.17, 15) is 0 Å². The molecule has 0 spiro atoms. The van der Waals surface area contributed by atoms with Crippen molar-refractivity contribution in [2.24, 2.45) is 5.92 Å². The smallest absolute Gasteiger partial charge is 0.175 e. The molecule has 4 rings (SSSR count). The number of fused-ring (bicyclic) bond motifs is 1. The first-order valence-electron chi connectivity index (χ1n) is 7.94. The summed E-state index contributed by atoms with van der Waals surface area (Å²) in [6.45, 7) is 3.11. The predicted molar refractivity (Wildman–Crippen MR) is 81.6 cm³/mol. The Morgan fingerprint density at radius 3 is 2.57 bits per heavy atom. The molecule has 0 unspecified atom stereocenters. The van der Waals surface area contributed by atoms with Gasteiger partial charge in [-0.25, -0.2) is 4.68 Å². The summed E-state index contributed by atoms with van der Waals surface area (Å²) >= 11 is 0. The average molecular weight is 283 g/mol. The van der Waals surface area contributed by atoms with E-state index in [-0.39, 0.29) is 0 Å². The van der Waals surface area contributed by atoms with Crippen molar-refractivity contribution in [2.45, 2.75) is 45.1 Å². The number of aromatic nitrogens is 4. The molecule has 2 atom stereocenters. The number of anilines is 1. The van der Waals surface area contributed by atoms with Crippen LogP contribution in [0.2, 0.25) is 0 Å². The second-order valence-electron chi connectivity index (χ2n) is 6.25. The molecule has 1 saturated heterocycles. The van der Waals surface area contributed by atoms with Gasteiger partial charge in [-0.05, 0) is 50.3 Å². The lowest BCUT2D eigenvalue weighted by molar-refractivity contribution is 0.341. The van der Waals surface area contributed by atoms with E-state index in [0.717, 1.165) is 29.8 Å². The Hall–Kier alpha value is -1.91. The van der Waals surface area contributed by atoms with Gasteiger partial charge < -0.3 is 4.90 Å². The first kappa shape index (κ1) is 12.8. The quantitative estimate of drug-likeness (QED) is 0.850. The highest BCUT2D eigenvalue weighted by molar-refractivity contribution is 5.42. The van der Waals surface area contributed by atoms with E-state index in [1.54, 1.807) is 4.68 Å². The zero-order valence-electron chi connectivity index (χ0n) is 12.4. The van der Waals surface area contributed by atoms with Crippen LogP contribution in [0.25, 0.3) is 5.82 Å². The molecule has 2 aromatic heterocycles. The van der Waals surface area contributed by atoms with Gasteiger partial charge in [-0.1, -0.05) is 12.8 Å². The van der Waals surface area contributed by atoms with E-state index in [2.05, 4.69) is 26.3 Å². The SMILES string of the molecule is Cc1ccn(-c2ccc(N3CC[C@H]4CCCC[C@H]43)nn2)n1. The van der Waals surface area contributed by atoms with Crippen LogP contribution in [0.5, 0.6) is 0 Å². The molecule has 2 aliphatic rings. The highest BCUT2D eigenvalue weighted by atomic mass is 15.4. The van der Waals surface area contributed by atoms with Gasteiger partial charge in [0, 0.05) is 18.8 Å². The van der Waals surface area contributed by atoms with Gasteiger partial charge >= 0.3 is 0 Å². The molecular formula is C16H21N5. The van der Waals surface area contributed by atoms with Crippen LogP contribution in [-0.4, -0.2) is 32.6 Å². The summed E-state index contributed by atoms with van der Waals surface area (Å²) in [5.41, 5.74) is 0.991. The van der Waals surface area contributed by atoms with Crippen LogP contribution in [0.15, 0.2) is 24.4 Å². The Morgan fingerprint density at radius 1 is 1.00 bits per heavy atom. The summed E-state index contributed by atoms with van der Waals surface area (Å²) in [5, 5.41) is 13.2. The van der Waals surface area contributed by atoms with E-state index >= 15 is 0 Å². The highest BCUT2D eigenvalue weighted by Crippen LogP contribution is 2.37. The normalized spacial score (nSPS) is 25.1. The standard InChI is InChI=1S/C16H21N5/c1-12-8-11-21(19-12)16-7-6-15(17-18-16)20-10-9-13-4-2-3-5-14(13)20/h6-8,11,13-14H,2-5,9-10H2,1H3/t13-,14-/m1/s1. The van der Waals surface area contributed by atoms with Gasteiger partial charge in [-0.15, -0.1) is 10.2 Å². The summed E-state index contributed by atoms with van der Waals surface area (Å²) in [4.78, 5) is 2.47. The van der Waals surface area contributed by atoms with Crippen LogP contribution in [0, 0.1) is 12.8 Å². The summed E-state index contributed by atoms with van der Waals surface area (Å²) < 4.78 is 1.78. The Bertz CT molecular complexity index is 618. The van der Waals surface area contributed by atoms with Gasteiger partial charge in [-0.2, -0.15) is 5.10 Å². The van der Waals surface area contributed by atoms with Crippen LogP contribution in [-0.2, 0) is 0 Å². The van der Waals surface area contributed by atoms with Gasteiger partial charge in [-0.3, -0.25) is 0 Å². The summed E-state index contributed by atoms with van der Waals surface area (Å²) in [6, 6.07) is 6.77. The fraction of sp³-hybridized carbons (Fsp3) is 0.562. The molecule has 21 heavy (non-hydrogen) atoms. The molecule has 1 aliphatic carbocycles. The number of nitrogens with zero attached hydrogens (tertiary/aromatic N) is 5. The summed E-state index contributed by atoms with van der Waals surface area (Å²) in [5.74, 6) is 2.68. The van der Waals surface area contributed by atoms with Crippen molar-refractivity contribution < 1.29 is 0 Å². The molecule has 1 saturated carbocycles. The third kappa shape index (κ3) is 2.30.